The Hall–Kier alpha value is -1.47. The maximum Gasteiger partial charge on any atom is 0.170 e. The normalized spacial score (nSPS) is 11.4. The second-order valence-corrected chi connectivity index (χ2v) is 5.77. The average molecular weight is 402 g/mol. The summed E-state index contributed by atoms with van der Waals surface area (Å²) >= 11 is 8.38. The van der Waals surface area contributed by atoms with Gasteiger partial charge in [0.15, 0.2) is 5.84 Å². The highest BCUT2D eigenvalue weighted by molar-refractivity contribution is 14.1. The first-order chi connectivity index (χ1) is 9.61. The van der Waals surface area contributed by atoms with E-state index in [1.165, 1.54) is 0 Å². The Morgan fingerprint density at radius 2 is 2.05 bits per heavy atom. The maximum atomic E-state index is 8.79. The SMILES string of the molecule is N/C(=N/O)c1ccccc1CNc1ccc(I)cc1Cl. The van der Waals surface area contributed by atoms with Gasteiger partial charge in [0.1, 0.15) is 0 Å². The second-order valence-electron chi connectivity index (χ2n) is 4.12. The van der Waals surface area contributed by atoms with Gasteiger partial charge in [0.2, 0.25) is 0 Å². The fraction of sp³-hybridized carbons (Fsp3) is 0.0714. The van der Waals surface area contributed by atoms with Crippen molar-refractivity contribution in [3.05, 3.63) is 62.2 Å². The van der Waals surface area contributed by atoms with Crippen LogP contribution in [-0.4, -0.2) is 11.0 Å². The highest BCUT2D eigenvalue weighted by atomic mass is 127. The van der Waals surface area contributed by atoms with Crippen LogP contribution in [0.3, 0.4) is 0 Å². The van der Waals surface area contributed by atoms with E-state index in [0.717, 1.165) is 14.8 Å². The first-order valence-electron chi connectivity index (χ1n) is 5.86. The Labute approximate surface area is 135 Å². The highest BCUT2D eigenvalue weighted by Gasteiger charge is 2.07. The summed E-state index contributed by atoms with van der Waals surface area (Å²) in [6.45, 7) is 0.534. The molecular formula is C14H13ClIN3O. The van der Waals surface area contributed by atoms with Gasteiger partial charge in [0.05, 0.1) is 10.7 Å². The van der Waals surface area contributed by atoms with Crippen LogP contribution in [0.4, 0.5) is 5.69 Å². The van der Waals surface area contributed by atoms with Gasteiger partial charge in [0.25, 0.3) is 0 Å². The monoisotopic (exact) mass is 401 g/mol. The molecule has 0 aliphatic carbocycles. The Morgan fingerprint density at radius 3 is 2.75 bits per heavy atom. The number of nitrogens with one attached hydrogen (secondary N) is 1. The van der Waals surface area contributed by atoms with Crippen LogP contribution in [0.5, 0.6) is 0 Å². The molecule has 0 saturated carbocycles. The molecule has 20 heavy (non-hydrogen) atoms. The number of benzene rings is 2. The van der Waals surface area contributed by atoms with Gasteiger partial charge in [0, 0.05) is 15.7 Å². The molecule has 0 saturated heterocycles. The number of hydrogen-bond donors (Lipinski definition) is 3. The summed E-state index contributed by atoms with van der Waals surface area (Å²) in [4.78, 5) is 0. The van der Waals surface area contributed by atoms with Crippen LogP contribution < -0.4 is 11.1 Å². The molecule has 0 fully saturated rings. The minimum atomic E-state index is 0.0936. The molecule has 0 spiro atoms. The van der Waals surface area contributed by atoms with Gasteiger partial charge < -0.3 is 16.3 Å². The Balaban J connectivity index is 2.19. The molecule has 2 aromatic carbocycles. The minimum Gasteiger partial charge on any atom is -0.409 e. The minimum absolute atomic E-state index is 0.0936. The number of anilines is 1. The lowest BCUT2D eigenvalue weighted by molar-refractivity contribution is 0.318. The van der Waals surface area contributed by atoms with Crippen LogP contribution in [0.1, 0.15) is 11.1 Å². The lowest BCUT2D eigenvalue weighted by Gasteiger charge is -2.11. The standard InChI is InChI=1S/C14H13ClIN3O/c15-12-7-10(16)5-6-13(12)18-8-9-3-1-2-4-11(9)14(17)19-20/h1-7,18,20H,8H2,(H2,17,19). The van der Waals surface area contributed by atoms with Crippen LogP contribution in [0.25, 0.3) is 0 Å². The van der Waals surface area contributed by atoms with Gasteiger partial charge in [-0.15, -0.1) is 0 Å². The first kappa shape index (κ1) is 14.9. The Bertz CT molecular complexity index is 646. The summed E-state index contributed by atoms with van der Waals surface area (Å²) in [6, 6.07) is 13.3. The van der Waals surface area contributed by atoms with Crippen molar-refractivity contribution in [1.29, 1.82) is 0 Å². The number of halogens is 2. The number of rotatable bonds is 4. The van der Waals surface area contributed by atoms with Crippen molar-refractivity contribution < 1.29 is 5.21 Å². The van der Waals surface area contributed by atoms with Crippen molar-refractivity contribution in [1.82, 2.24) is 0 Å². The fourth-order valence-corrected chi connectivity index (χ4v) is 2.72. The summed E-state index contributed by atoms with van der Waals surface area (Å²) in [5, 5.41) is 15.7. The third-order valence-electron chi connectivity index (χ3n) is 2.80. The van der Waals surface area contributed by atoms with E-state index in [-0.39, 0.29) is 5.84 Å². The zero-order valence-corrected chi connectivity index (χ0v) is 13.4. The molecule has 2 aromatic rings. The summed E-state index contributed by atoms with van der Waals surface area (Å²) in [5.74, 6) is 0.0936. The molecule has 0 amide bonds. The van der Waals surface area contributed by atoms with Gasteiger partial charge in [-0.05, 0) is 46.4 Å². The van der Waals surface area contributed by atoms with Crippen LogP contribution in [0.15, 0.2) is 47.6 Å². The molecule has 0 aromatic heterocycles. The van der Waals surface area contributed by atoms with Crippen molar-refractivity contribution in [3.8, 4) is 0 Å². The topological polar surface area (TPSA) is 70.6 Å². The molecule has 4 nitrogen and oxygen atoms in total. The van der Waals surface area contributed by atoms with E-state index in [1.54, 1.807) is 0 Å². The summed E-state index contributed by atoms with van der Waals surface area (Å²) in [5.41, 5.74) is 8.13. The average Bonchev–Trinajstić information content (AvgIpc) is 2.46. The van der Waals surface area contributed by atoms with Gasteiger partial charge in [-0.2, -0.15) is 0 Å². The fourth-order valence-electron chi connectivity index (χ4n) is 1.80. The van der Waals surface area contributed by atoms with E-state index < -0.39 is 0 Å². The summed E-state index contributed by atoms with van der Waals surface area (Å²) < 4.78 is 1.08. The molecule has 0 heterocycles. The second kappa shape index (κ2) is 6.81. The third-order valence-corrected chi connectivity index (χ3v) is 3.79. The van der Waals surface area contributed by atoms with E-state index in [0.29, 0.717) is 17.1 Å². The van der Waals surface area contributed by atoms with Crippen molar-refractivity contribution in [2.24, 2.45) is 10.9 Å². The third kappa shape index (κ3) is 3.55. The van der Waals surface area contributed by atoms with E-state index in [1.807, 2.05) is 42.5 Å². The summed E-state index contributed by atoms with van der Waals surface area (Å²) in [7, 11) is 0. The largest absolute Gasteiger partial charge is 0.409 e. The molecule has 2 rings (SSSR count). The van der Waals surface area contributed by atoms with E-state index in [4.69, 9.17) is 22.5 Å². The lowest BCUT2D eigenvalue weighted by Crippen LogP contribution is -2.16. The van der Waals surface area contributed by atoms with E-state index in [9.17, 15) is 0 Å². The van der Waals surface area contributed by atoms with Gasteiger partial charge >= 0.3 is 0 Å². The number of amidine groups is 1. The molecule has 104 valence electrons. The molecule has 4 N–H and O–H groups in total. The van der Waals surface area contributed by atoms with Crippen molar-refractivity contribution in [2.45, 2.75) is 6.54 Å². The molecule has 0 unspecified atom stereocenters. The van der Waals surface area contributed by atoms with E-state index in [2.05, 4.69) is 33.1 Å². The van der Waals surface area contributed by atoms with Crippen LogP contribution in [-0.2, 0) is 6.54 Å². The van der Waals surface area contributed by atoms with Gasteiger partial charge in [-0.25, -0.2) is 0 Å². The number of oxime groups is 1. The van der Waals surface area contributed by atoms with Crippen molar-refractivity contribution in [2.75, 3.05) is 5.32 Å². The van der Waals surface area contributed by atoms with Crippen LogP contribution in [0, 0.1) is 3.57 Å². The molecule has 0 aliphatic rings. The smallest absolute Gasteiger partial charge is 0.170 e. The lowest BCUT2D eigenvalue weighted by atomic mass is 10.1. The highest BCUT2D eigenvalue weighted by Crippen LogP contribution is 2.24. The predicted molar refractivity (Wildman–Crippen MR) is 90.4 cm³/mol. The number of nitrogens with zero attached hydrogens (tertiary/aromatic N) is 1. The molecular weight excluding hydrogens is 389 g/mol. The van der Waals surface area contributed by atoms with E-state index >= 15 is 0 Å². The molecule has 0 radical (unpaired) electrons. The molecule has 0 aliphatic heterocycles. The molecule has 6 heteroatoms. The molecule has 0 atom stereocenters. The zero-order valence-electron chi connectivity index (χ0n) is 10.5. The number of nitrogens with two attached hydrogens (primary N) is 1. The quantitative estimate of drug-likeness (QED) is 0.241. The first-order valence-corrected chi connectivity index (χ1v) is 7.32. The van der Waals surface area contributed by atoms with Gasteiger partial charge in [-0.3, -0.25) is 0 Å². The molecule has 0 bridgehead atoms. The predicted octanol–water partition coefficient (Wildman–Crippen LogP) is 3.65. The Kier molecular flexibility index (Phi) is 5.08. The van der Waals surface area contributed by atoms with Crippen LogP contribution >= 0.6 is 34.2 Å². The maximum absolute atomic E-state index is 8.79. The summed E-state index contributed by atoms with van der Waals surface area (Å²) in [6.07, 6.45) is 0. The van der Waals surface area contributed by atoms with Crippen molar-refractivity contribution >= 4 is 45.7 Å². The van der Waals surface area contributed by atoms with Gasteiger partial charge in [-0.1, -0.05) is 41.0 Å². The van der Waals surface area contributed by atoms with Crippen LogP contribution in [0.2, 0.25) is 5.02 Å². The van der Waals surface area contributed by atoms with Crippen molar-refractivity contribution in [3.63, 3.8) is 0 Å². The zero-order chi connectivity index (χ0) is 14.5. The number of hydrogen-bond acceptors (Lipinski definition) is 3. The Morgan fingerprint density at radius 1 is 1.30 bits per heavy atom.